The number of carbonyl (C=O) groups excluding carboxylic acids is 2. The van der Waals surface area contributed by atoms with Crippen LogP contribution in [0.2, 0.25) is 0 Å². The van der Waals surface area contributed by atoms with Gasteiger partial charge in [-0.1, -0.05) is 0 Å². The molecule has 2 rings (SSSR count). The van der Waals surface area contributed by atoms with E-state index in [9.17, 15) is 9.59 Å². The molecule has 0 aliphatic carbocycles. The van der Waals surface area contributed by atoms with Gasteiger partial charge in [-0.25, -0.2) is 9.59 Å². The van der Waals surface area contributed by atoms with Crippen molar-refractivity contribution >= 4 is 11.9 Å². The van der Waals surface area contributed by atoms with Crippen LogP contribution in [0.4, 0.5) is 0 Å². The summed E-state index contributed by atoms with van der Waals surface area (Å²) in [6, 6.07) is 0. The van der Waals surface area contributed by atoms with Crippen molar-refractivity contribution in [2.75, 3.05) is 0 Å². The van der Waals surface area contributed by atoms with Gasteiger partial charge in [0, 0.05) is 12.4 Å². The number of nitrogens with one attached hydrogen (secondary N) is 2. The summed E-state index contributed by atoms with van der Waals surface area (Å²) in [5, 5.41) is 12.0. The number of hydrogen-bond acceptors (Lipinski definition) is 5. The van der Waals surface area contributed by atoms with Crippen molar-refractivity contribution in [2.24, 2.45) is 0 Å². The lowest BCUT2D eigenvalue weighted by molar-refractivity contribution is 0.0398. The van der Waals surface area contributed by atoms with Gasteiger partial charge >= 0.3 is 11.9 Å². The normalized spacial score (nSPS) is 9.87. The predicted octanol–water partition coefficient (Wildman–Crippen LogP) is 0.130. The molecule has 2 aromatic heterocycles. The van der Waals surface area contributed by atoms with Crippen LogP contribution in [-0.2, 0) is 4.74 Å². The zero-order valence-electron chi connectivity index (χ0n) is 7.43. The molecule has 15 heavy (non-hydrogen) atoms. The van der Waals surface area contributed by atoms with Crippen LogP contribution in [-0.4, -0.2) is 32.3 Å². The second-order valence-electron chi connectivity index (χ2n) is 2.65. The monoisotopic (exact) mass is 206 g/mol. The minimum absolute atomic E-state index is 0.187. The molecule has 2 N–H and O–H groups in total. The molecule has 76 valence electrons. The number of esters is 2. The summed E-state index contributed by atoms with van der Waals surface area (Å²) in [7, 11) is 0. The average molecular weight is 206 g/mol. The Morgan fingerprint density at radius 1 is 1.00 bits per heavy atom. The Kier molecular flexibility index (Phi) is 2.28. The van der Waals surface area contributed by atoms with Gasteiger partial charge in [-0.3, -0.25) is 10.2 Å². The van der Waals surface area contributed by atoms with E-state index in [-0.39, 0.29) is 11.1 Å². The first kappa shape index (κ1) is 9.13. The molecule has 0 spiro atoms. The number of rotatable bonds is 2. The first-order valence-electron chi connectivity index (χ1n) is 4.01. The number of carbonyl (C=O) groups is 2. The van der Waals surface area contributed by atoms with Crippen molar-refractivity contribution in [2.45, 2.75) is 0 Å². The summed E-state index contributed by atoms with van der Waals surface area (Å²) in [6.45, 7) is 0. The predicted molar refractivity (Wildman–Crippen MR) is 46.9 cm³/mol. The molecule has 0 saturated heterocycles. The van der Waals surface area contributed by atoms with Crippen LogP contribution >= 0.6 is 0 Å². The van der Waals surface area contributed by atoms with Crippen molar-refractivity contribution in [3.8, 4) is 0 Å². The number of H-pyrrole nitrogens is 2. The summed E-state index contributed by atoms with van der Waals surface area (Å²) >= 11 is 0. The van der Waals surface area contributed by atoms with Gasteiger partial charge in [-0.05, 0) is 0 Å². The molecule has 0 aliphatic heterocycles. The van der Waals surface area contributed by atoms with Gasteiger partial charge in [-0.15, -0.1) is 0 Å². The van der Waals surface area contributed by atoms with Crippen molar-refractivity contribution in [3.63, 3.8) is 0 Å². The molecular weight excluding hydrogens is 200 g/mol. The number of aromatic nitrogens is 4. The van der Waals surface area contributed by atoms with E-state index in [1.807, 2.05) is 0 Å². The lowest BCUT2D eigenvalue weighted by Crippen LogP contribution is -2.11. The van der Waals surface area contributed by atoms with Crippen LogP contribution in [0.15, 0.2) is 24.8 Å². The van der Waals surface area contributed by atoms with Crippen molar-refractivity contribution in [1.29, 1.82) is 0 Å². The lowest BCUT2D eigenvalue weighted by atomic mass is 10.3. The van der Waals surface area contributed by atoms with E-state index in [2.05, 4.69) is 25.1 Å². The number of aromatic amines is 2. The van der Waals surface area contributed by atoms with Gasteiger partial charge in [0.2, 0.25) is 0 Å². The van der Waals surface area contributed by atoms with E-state index in [4.69, 9.17) is 0 Å². The Morgan fingerprint density at radius 2 is 1.47 bits per heavy atom. The Bertz CT molecular complexity index is 416. The van der Waals surface area contributed by atoms with Gasteiger partial charge < -0.3 is 4.74 Å². The van der Waals surface area contributed by atoms with Gasteiger partial charge in [0.25, 0.3) is 0 Å². The second kappa shape index (κ2) is 3.74. The molecule has 0 saturated carbocycles. The Labute approximate surface area is 83.4 Å². The standard InChI is InChI=1S/C8H6N4O3/c13-7(5-1-9-10-2-5)15-8(14)6-3-11-12-4-6/h1-4H,(H,9,10)(H,11,12). The average Bonchev–Trinajstić information content (AvgIpc) is 2.91. The van der Waals surface area contributed by atoms with E-state index in [1.54, 1.807) is 0 Å². The molecule has 0 bridgehead atoms. The second-order valence-corrected chi connectivity index (χ2v) is 2.65. The molecule has 0 amide bonds. The molecule has 2 aromatic rings. The fourth-order valence-corrected chi connectivity index (χ4v) is 0.927. The lowest BCUT2D eigenvalue weighted by Gasteiger charge is -1.97. The van der Waals surface area contributed by atoms with Crippen molar-refractivity contribution < 1.29 is 14.3 Å². The van der Waals surface area contributed by atoms with Crippen LogP contribution in [0.5, 0.6) is 0 Å². The van der Waals surface area contributed by atoms with Gasteiger partial charge in [0.15, 0.2) is 0 Å². The SMILES string of the molecule is O=C(OC(=O)c1cn[nH]c1)c1cn[nH]c1. The molecule has 7 heteroatoms. The summed E-state index contributed by atoms with van der Waals surface area (Å²) in [5.41, 5.74) is 0.374. The maximum atomic E-state index is 11.3. The fourth-order valence-electron chi connectivity index (χ4n) is 0.927. The van der Waals surface area contributed by atoms with Crippen LogP contribution in [0.1, 0.15) is 20.7 Å². The van der Waals surface area contributed by atoms with Crippen molar-refractivity contribution in [1.82, 2.24) is 20.4 Å². The third-order valence-electron chi connectivity index (χ3n) is 1.65. The van der Waals surface area contributed by atoms with E-state index >= 15 is 0 Å². The van der Waals surface area contributed by atoms with E-state index in [1.165, 1.54) is 24.8 Å². The minimum atomic E-state index is -0.755. The molecular formula is C8H6N4O3. The van der Waals surface area contributed by atoms with E-state index < -0.39 is 11.9 Å². The zero-order chi connectivity index (χ0) is 10.7. The third kappa shape index (κ3) is 1.90. The van der Waals surface area contributed by atoms with Crippen LogP contribution in [0.25, 0.3) is 0 Å². The quantitative estimate of drug-likeness (QED) is 0.537. The zero-order valence-corrected chi connectivity index (χ0v) is 7.43. The van der Waals surface area contributed by atoms with Crippen LogP contribution in [0.3, 0.4) is 0 Å². The Balaban J connectivity index is 2.04. The summed E-state index contributed by atoms with van der Waals surface area (Å²) in [4.78, 5) is 22.6. The molecule has 0 atom stereocenters. The van der Waals surface area contributed by atoms with Crippen LogP contribution < -0.4 is 0 Å². The maximum Gasteiger partial charge on any atom is 0.349 e. The Morgan fingerprint density at radius 3 is 1.80 bits per heavy atom. The molecule has 0 aromatic carbocycles. The molecule has 0 fully saturated rings. The van der Waals surface area contributed by atoms with E-state index in [0.29, 0.717) is 0 Å². The smallest absolute Gasteiger partial charge is 0.349 e. The van der Waals surface area contributed by atoms with Gasteiger partial charge in [0.05, 0.1) is 23.5 Å². The first-order valence-corrected chi connectivity index (χ1v) is 4.01. The van der Waals surface area contributed by atoms with Crippen LogP contribution in [0, 0.1) is 0 Å². The van der Waals surface area contributed by atoms with E-state index in [0.717, 1.165) is 0 Å². The maximum absolute atomic E-state index is 11.3. The highest BCUT2D eigenvalue weighted by Gasteiger charge is 2.15. The highest BCUT2D eigenvalue weighted by atomic mass is 16.6. The molecule has 0 aliphatic rings. The first-order chi connectivity index (χ1) is 7.27. The third-order valence-corrected chi connectivity index (χ3v) is 1.65. The number of hydrogen-bond donors (Lipinski definition) is 2. The summed E-state index contributed by atoms with van der Waals surface area (Å²) < 4.78 is 4.54. The molecule has 7 nitrogen and oxygen atoms in total. The number of ether oxygens (including phenoxy) is 1. The molecule has 2 heterocycles. The summed E-state index contributed by atoms with van der Waals surface area (Å²) in [5.74, 6) is -1.51. The fraction of sp³-hybridized carbons (Fsp3) is 0. The summed E-state index contributed by atoms with van der Waals surface area (Å²) in [6.07, 6.45) is 5.21. The highest BCUT2D eigenvalue weighted by molar-refractivity contribution is 6.02. The largest absolute Gasteiger partial charge is 0.386 e. The molecule has 0 radical (unpaired) electrons. The minimum Gasteiger partial charge on any atom is -0.386 e. The Hall–Kier alpha value is -2.44. The highest BCUT2D eigenvalue weighted by Crippen LogP contribution is 2.02. The van der Waals surface area contributed by atoms with Gasteiger partial charge in [-0.2, -0.15) is 10.2 Å². The topological polar surface area (TPSA) is 101 Å². The van der Waals surface area contributed by atoms with Gasteiger partial charge in [0.1, 0.15) is 0 Å². The van der Waals surface area contributed by atoms with Crippen molar-refractivity contribution in [3.05, 3.63) is 35.9 Å². The number of nitrogens with zero attached hydrogens (tertiary/aromatic N) is 2. The molecule has 0 unspecified atom stereocenters.